The van der Waals surface area contributed by atoms with E-state index in [1.165, 1.54) is 12.2 Å². The summed E-state index contributed by atoms with van der Waals surface area (Å²) in [4.78, 5) is 46.9. The van der Waals surface area contributed by atoms with Crippen LogP contribution in [0, 0.1) is 0 Å². The van der Waals surface area contributed by atoms with Gasteiger partial charge in [0.05, 0.1) is 6.04 Å². The SMILES string of the molecule is CCC(=O)C(CCCCNC(=O)CCN1C(=O)C=CC1=O)NC. The highest BCUT2D eigenvalue weighted by Crippen LogP contribution is 2.05. The number of nitrogens with zero attached hydrogens (tertiary/aromatic N) is 1. The van der Waals surface area contributed by atoms with Crippen molar-refractivity contribution < 1.29 is 19.2 Å². The van der Waals surface area contributed by atoms with E-state index in [0.29, 0.717) is 13.0 Å². The Morgan fingerprint density at radius 3 is 2.39 bits per heavy atom. The van der Waals surface area contributed by atoms with Gasteiger partial charge in [-0.3, -0.25) is 24.1 Å². The maximum absolute atomic E-state index is 11.7. The molecular formula is C16H25N3O4. The maximum atomic E-state index is 11.7. The third-order valence-electron chi connectivity index (χ3n) is 3.79. The van der Waals surface area contributed by atoms with Gasteiger partial charge in [-0.1, -0.05) is 6.92 Å². The van der Waals surface area contributed by atoms with E-state index in [1.54, 1.807) is 7.05 Å². The van der Waals surface area contributed by atoms with Gasteiger partial charge in [0.15, 0.2) is 0 Å². The molecule has 0 aromatic rings. The normalized spacial score (nSPS) is 15.1. The van der Waals surface area contributed by atoms with Crippen molar-refractivity contribution in [3.63, 3.8) is 0 Å². The summed E-state index contributed by atoms with van der Waals surface area (Å²) in [7, 11) is 1.77. The monoisotopic (exact) mass is 323 g/mol. The molecule has 1 aliphatic rings. The number of amides is 3. The molecule has 1 aliphatic heterocycles. The van der Waals surface area contributed by atoms with Crippen LogP contribution in [0.15, 0.2) is 12.2 Å². The van der Waals surface area contributed by atoms with Crippen molar-refractivity contribution in [2.24, 2.45) is 0 Å². The molecule has 7 nitrogen and oxygen atoms in total. The van der Waals surface area contributed by atoms with Crippen molar-refractivity contribution in [1.29, 1.82) is 0 Å². The van der Waals surface area contributed by atoms with E-state index >= 15 is 0 Å². The van der Waals surface area contributed by atoms with Gasteiger partial charge < -0.3 is 10.6 Å². The summed E-state index contributed by atoms with van der Waals surface area (Å²) in [6.07, 6.45) is 5.40. The zero-order valence-electron chi connectivity index (χ0n) is 13.8. The second-order valence-corrected chi connectivity index (χ2v) is 5.42. The Morgan fingerprint density at radius 2 is 1.83 bits per heavy atom. The van der Waals surface area contributed by atoms with E-state index in [-0.39, 0.29) is 42.5 Å². The quantitative estimate of drug-likeness (QED) is 0.417. The lowest BCUT2D eigenvalue weighted by Gasteiger charge is -2.14. The molecule has 1 rings (SSSR count). The Hall–Kier alpha value is -2.02. The fourth-order valence-corrected chi connectivity index (χ4v) is 2.37. The number of hydrogen-bond acceptors (Lipinski definition) is 5. The number of hydrogen-bond donors (Lipinski definition) is 2. The zero-order chi connectivity index (χ0) is 17.2. The van der Waals surface area contributed by atoms with E-state index < -0.39 is 0 Å². The van der Waals surface area contributed by atoms with E-state index in [0.717, 1.165) is 24.2 Å². The van der Waals surface area contributed by atoms with E-state index in [9.17, 15) is 19.2 Å². The molecule has 0 spiro atoms. The van der Waals surface area contributed by atoms with Gasteiger partial charge in [0.2, 0.25) is 5.91 Å². The maximum Gasteiger partial charge on any atom is 0.253 e. The molecule has 1 unspecified atom stereocenters. The van der Waals surface area contributed by atoms with Crippen molar-refractivity contribution in [3.05, 3.63) is 12.2 Å². The Labute approximate surface area is 136 Å². The Balaban J connectivity index is 2.11. The van der Waals surface area contributed by atoms with Crippen LogP contribution in [0.4, 0.5) is 0 Å². The zero-order valence-corrected chi connectivity index (χ0v) is 13.8. The minimum absolute atomic E-state index is 0.101. The summed E-state index contributed by atoms with van der Waals surface area (Å²) in [6.45, 7) is 2.47. The number of imide groups is 1. The smallest absolute Gasteiger partial charge is 0.253 e. The van der Waals surface area contributed by atoms with Gasteiger partial charge in [0, 0.05) is 38.1 Å². The number of ketones is 1. The van der Waals surface area contributed by atoms with Gasteiger partial charge in [-0.25, -0.2) is 0 Å². The Kier molecular flexibility index (Phi) is 8.18. The first kappa shape index (κ1) is 19.0. The largest absolute Gasteiger partial charge is 0.356 e. The number of carbonyl (C=O) groups is 4. The van der Waals surface area contributed by atoms with Crippen LogP contribution in [0.25, 0.3) is 0 Å². The fourth-order valence-electron chi connectivity index (χ4n) is 2.37. The number of Topliss-reactive ketones (excluding diaryl/α,β-unsaturated/α-hetero) is 1. The molecule has 0 aliphatic carbocycles. The summed E-state index contributed by atoms with van der Waals surface area (Å²) in [6, 6.07) is -0.115. The predicted octanol–water partition coefficient (Wildman–Crippen LogP) is 0.155. The van der Waals surface area contributed by atoms with Crippen molar-refractivity contribution in [2.45, 2.75) is 45.1 Å². The van der Waals surface area contributed by atoms with E-state index in [2.05, 4.69) is 10.6 Å². The highest BCUT2D eigenvalue weighted by molar-refractivity contribution is 6.13. The van der Waals surface area contributed by atoms with Gasteiger partial charge in [0.25, 0.3) is 11.8 Å². The highest BCUT2D eigenvalue weighted by atomic mass is 16.2. The molecular weight excluding hydrogens is 298 g/mol. The van der Waals surface area contributed by atoms with Crippen LogP contribution < -0.4 is 10.6 Å². The lowest BCUT2D eigenvalue weighted by Crippen LogP contribution is -2.35. The van der Waals surface area contributed by atoms with Crippen LogP contribution in [-0.2, 0) is 19.2 Å². The van der Waals surface area contributed by atoms with Crippen LogP contribution in [0.3, 0.4) is 0 Å². The van der Waals surface area contributed by atoms with Crippen LogP contribution in [0.5, 0.6) is 0 Å². The molecule has 0 saturated carbocycles. The minimum Gasteiger partial charge on any atom is -0.356 e. The van der Waals surface area contributed by atoms with Gasteiger partial charge in [0.1, 0.15) is 5.78 Å². The van der Waals surface area contributed by atoms with Gasteiger partial charge in [-0.05, 0) is 26.3 Å². The summed E-state index contributed by atoms with van der Waals surface area (Å²) < 4.78 is 0. The molecule has 1 heterocycles. The van der Waals surface area contributed by atoms with Crippen molar-refractivity contribution in [2.75, 3.05) is 20.1 Å². The molecule has 1 atom stereocenters. The summed E-state index contributed by atoms with van der Waals surface area (Å²) in [5.41, 5.74) is 0. The average Bonchev–Trinajstić information content (AvgIpc) is 2.86. The lowest BCUT2D eigenvalue weighted by molar-refractivity contribution is -0.137. The average molecular weight is 323 g/mol. The molecule has 23 heavy (non-hydrogen) atoms. The summed E-state index contributed by atoms with van der Waals surface area (Å²) in [5, 5.41) is 5.76. The van der Waals surface area contributed by atoms with Crippen LogP contribution >= 0.6 is 0 Å². The molecule has 0 fully saturated rings. The second-order valence-electron chi connectivity index (χ2n) is 5.42. The standard InChI is InChI=1S/C16H25N3O4/c1-3-13(20)12(17-2)6-4-5-10-18-14(21)9-11-19-15(22)7-8-16(19)23/h7-8,12,17H,3-6,9-11H2,1-2H3,(H,18,21). The number of unbranched alkanes of at least 4 members (excludes halogenated alkanes) is 1. The van der Waals surface area contributed by atoms with Crippen molar-refractivity contribution in [3.8, 4) is 0 Å². The van der Waals surface area contributed by atoms with Gasteiger partial charge >= 0.3 is 0 Å². The first-order valence-corrected chi connectivity index (χ1v) is 7.99. The molecule has 0 aromatic heterocycles. The van der Waals surface area contributed by atoms with Crippen LogP contribution in [-0.4, -0.2) is 54.6 Å². The fraction of sp³-hybridized carbons (Fsp3) is 0.625. The molecule has 3 amide bonds. The van der Waals surface area contributed by atoms with Crippen LogP contribution in [0.1, 0.15) is 39.0 Å². The first-order valence-electron chi connectivity index (χ1n) is 7.99. The second kappa shape index (κ2) is 9.89. The topological polar surface area (TPSA) is 95.6 Å². The lowest BCUT2D eigenvalue weighted by atomic mass is 10.0. The molecule has 128 valence electrons. The molecule has 0 bridgehead atoms. The third kappa shape index (κ3) is 6.32. The highest BCUT2D eigenvalue weighted by Gasteiger charge is 2.23. The van der Waals surface area contributed by atoms with Gasteiger partial charge in [-0.2, -0.15) is 0 Å². The molecule has 2 N–H and O–H groups in total. The third-order valence-corrected chi connectivity index (χ3v) is 3.79. The van der Waals surface area contributed by atoms with E-state index in [4.69, 9.17) is 0 Å². The van der Waals surface area contributed by atoms with Crippen molar-refractivity contribution in [1.82, 2.24) is 15.5 Å². The Bertz CT molecular complexity index is 470. The minimum atomic E-state index is -0.374. The predicted molar refractivity (Wildman–Crippen MR) is 85.5 cm³/mol. The van der Waals surface area contributed by atoms with E-state index in [1.807, 2.05) is 6.92 Å². The number of likely N-dealkylation sites (N-methyl/N-ethyl adjacent to an activating group) is 1. The Morgan fingerprint density at radius 1 is 1.17 bits per heavy atom. The van der Waals surface area contributed by atoms with Crippen molar-refractivity contribution >= 4 is 23.5 Å². The summed E-state index contributed by atoms with van der Waals surface area (Å²) >= 11 is 0. The molecule has 0 saturated heterocycles. The molecule has 7 heteroatoms. The molecule has 0 radical (unpaired) electrons. The van der Waals surface area contributed by atoms with Gasteiger partial charge in [-0.15, -0.1) is 0 Å². The number of rotatable bonds is 11. The molecule has 0 aromatic carbocycles. The first-order chi connectivity index (χ1) is 11.0. The number of nitrogens with one attached hydrogen (secondary N) is 2. The number of carbonyl (C=O) groups excluding carboxylic acids is 4. The summed E-state index contributed by atoms with van der Waals surface area (Å²) in [5.74, 6) is -0.736. The van der Waals surface area contributed by atoms with Crippen LogP contribution in [0.2, 0.25) is 0 Å².